The number of methoxy groups -OCH3 is 1. The number of hydrogen-bond donors (Lipinski definition) is 2. The molecule has 0 aliphatic heterocycles. The number of rotatable bonds is 5. The smallest absolute Gasteiger partial charge is 0.334 e. The van der Waals surface area contributed by atoms with Gasteiger partial charge in [-0.15, -0.1) is 0 Å². The van der Waals surface area contributed by atoms with Crippen LogP contribution in [0.15, 0.2) is 16.6 Å². The number of hydrogen-bond acceptors (Lipinski definition) is 3. The lowest BCUT2D eigenvalue weighted by Crippen LogP contribution is -2.37. The quantitative estimate of drug-likeness (QED) is 0.854. The third kappa shape index (κ3) is 4.19. The van der Waals surface area contributed by atoms with Crippen LogP contribution >= 0.6 is 27.5 Å². The van der Waals surface area contributed by atoms with Gasteiger partial charge in [-0.25, -0.2) is 4.79 Å². The minimum absolute atomic E-state index is 0.114. The lowest BCUT2D eigenvalue weighted by molar-refractivity contribution is -0.148. The Balaban J connectivity index is 2.76. The van der Waals surface area contributed by atoms with E-state index in [1.165, 1.54) is 13.2 Å². The van der Waals surface area contributed by atoms with Gasteiger partial charge in [-0.1, -0.05) is 11.6 Å². The van der Waals surface area contributed by atoms with Gasteiger partial charge in [0, 0.05) is 17.1 Å². The van der Waals surface area contributed by atoms with Crippen molar-refractivity contribution >= 4 is 39.4 Å². The van der Waals surface area contributed by atoms with Gasteiger partial charge in [0.25, 0.3) is 5.91 Å². The van der Waals surface area contributed by atoms with Gasteiger partial charge < -0.3 is 15.2 Å². The number of carboxylic acids is 1. The van der Waals surface area contributed by atoms with Crippen molar-refractivity contribution in [2.75, 3.05) is 13.7 Å². The molecule has 7 heteroatoms. The number of carbonyl (C=O) groups excluding carboxylic acids is 1. The molecule has 1 amide bonds. The Kier molecular flexibility index (Phi) is 5.78. The van der Waals surface area contributed by atoms with E-state index in [4.69, 9.17) is 21.4 Å². The van der Waals surface area contributed by atoms with Crippen molar-refractivity contribution in [1.29, 1.82) is 0 Å². The van der Waals surface area contributed by atoms with Crippen LogP contribution in [-0.2, 0) is 9.53 Å². The summed E-state index contributed by atoms with van der Waals surface area (Å²) in [6.45, 7) is 1.69. The van der Waals surface area contributed by atoms with Crippen LogP contribution in [-0.4, -0.2) is 36.7 Å². The molecule has 2 N–H and O–H groups in total. The number of amides is 1. The van der Waals surface area contributed by atoms with Crippen LogP contribution < -0.4 is 5.32 Å². The van der Waals surface area contributed by atoms with Gasteiger partial charge in [-0.2, -0.15) is 0 Å². The number of benzene rings is 1. The van der Waals surface area contributed by atoms with Gasteiger partial charge in [0.15, 0.2) is 6.10 Å². The number of halogens is 2. The lowest BCUT2D eigenvalue weighted by Gasteiger charge is -2.12. The maximum absolute atomic E-state index is 11.9. The first kappa shape index (κ1) is 15.9. The molecule has 0 radical (unpaired) electrons. The van der Waals surface area contributed by atoms with E-state index in [9.17, 15) is 9.59 Å². The second-order valence-corrected chi connectivity index (χ2v) is 5.06. The standard InChI is InChI=1S/C12H13BrClNO4/c1-6-3-7(4-8(14)10(6)13)11(16)15-5-9(19-2)12(17)18/h3-4,9H,5H2,1-2H3,(H,15,16)(H,17,18). The molecule has 19 heavy (non-hydrogen) atoms. The largest absolute Gasteiger partial charge is 0.479 e. The van der Waals surface area contributed by atoms with E-state index in [1.54, 1.807) is 6.07 Å². The Hall–Kier alpha value is -1.11. The summed E-state index contributed by atoms with van der Waals surface area (Å²) in [6, 6.07) is 3.17. The van der Waals surface area contributed by atoms with Crippen LogP contribution in [0.5, 0.6) is 0 Å². The molecular formula is C12H13BrClNO4. The second-order valence-electron chi connectivity index (χ2n) is 3.86. The van der Waals surface area contributed by atoms with E-state index < -0.39 is 18.0 Å². The third-order valence-corrected chi connectivity index (χ3v) is 4.06. The Morgan fingerprint density at radius 3 is 2.63 bits per heavy atom. The normalized spacial score (nSPS) is 12.0. The minimum Gasteiger partial charge on any atom is -0.479 e. The van der Waals surface area contributed by atoms with Crippen LogP contribution in [0.2, 0.25) is 5.02 Å². The molecule has 0 saturated carbocycles. The van der Waals surface area contributed by atoms with Crippen LogP contribution in [0, 0.1) is 6.92 Å². The molecule has 1 aromatic rings. The van der Waals surface area contributed by atoms with Crippen molar-refractivity contribution in [3.8, 4) is 0 Å². The molecule has 0 saturated heterocycles. The molecule has 0 fully saturated rings. The number of aryl methyl sites for hydroxylation is 1. The highest BCUT2D eigenvalue weighted by Gasteiger charge is 2.18. The Morgan fingerprint density at radius 2 is 2.16 bits per heavy atom. The van der Waals surface area contributed by atoms with Gasteiger partial charge in [0.2, 0.25) is 0 Å². The maximum Gasteiger partial charge on any atom is 0.334 e. The van der Waals surface area contributed by atoms with Crippen molar-refractivity contribution in [2.45, 2.75) is 13.0 Å². The van der Waals surface area contributed by atoms with Crippen LogP contribution in [0.25, 0.3) is 0 Å². The number of carboxylic acid groups (broad SMARTS) is 1. The van der Waals surface area contributed by atoms with Gasteiger partial charge in [-0.3, -0.25) is 4.79 Å². The van der Waals surface area contributed by atoms with Crippen LogP contribution in [0.3, 0.4) is 0 Å². The highest BCUT2D eigenvalue weighted by atomic mass is 79.9. The zero-order chi connectivity index (χ0) is 14.6. The molecule has 1 unspecified atom stereocenters. The van der Waals surface area contributed by atoms with E-state index in [1.807, 2.05) is 6.92 Å². The zero-order valence-corrected chi connectivity index (χ0v) is 12.7. The van der Waals surface area contributed by atoms with Crippen LogP contribution in [0.4, 0.5) is 0 Å². The van der Waals surface area contributed by atoms with Crippen LogP contribution in [0.1, 0.15) is 15.9 Å². The summed E-state index contributed by atoms with van der Waals surface area (Å²) >= 11 is 9.25. The molecule has 0 aliphatic carbocycles. The Labute approximate surface area is 124 Å². The molecule has 0 spiro atoms. The molecule has 1 aromatic carbocycles. The van der Waals surface area contributed by atoms with Crippen molar-refractivity contribution in [1.82, 2.24) is 5.32 Å². The predicted octanol–water partition coefficient (Wildman–Crippen LogP) is 2.24. The highest BCUT2D eigenvalue weighted by Crippen LogP contribution is 2.27. The Bertz CT molecular complexity index is 483. The highest BCUT2D eigenvalue weighted by molar-refractivity contribution is 9.10. The first-order valence-corrected chi connectivity index (χ1v) is 6.53. The predicted molar refractivity (Wildman–Crippen MR) is 74.7 cm³/mol. The van der Waals surface area contributed by atoms with E-state index in [-0.39, 0.29) is 6.54 Å². The van der Waals surface area contributed by atoms with Gasteiger partial charge in [-0.05, 0) is 40.5 Å². The molecular weight excluding hydrogens is 337 g/mol. The van der Waals surface area contributed by atoms with E-state index in [0.29, 0.717) is 10.6 Å². The molecule has 1 atom stereocenters. The van der Waals surface area contributed by atoms with E-state index in [2.05, 4.69) is 21.2 Å². The van der Waals surface area contributed by atoms with Crippen molar-refractivity contribution in [3.63, 3.8) is 0 Å². The molecule has 0 bridgehead atoms. The number of nitrogens with one attached hydrogen (secondary N) is 1. The Morgan fingerprint density at radius 1 is 1.53 bits per heavy atom. The van der Waals surface area contributed by atoms with Crippen molar-refractivity contribution in [3.05, 3.63) is 32.8 Å². The lowest BCUT2D eigenvalue weighted by atomic mass is 10.1. The van der Waals surface area contributed by atoms with Gasteiger partial charge >= 0.3 is 5.97 Å². The average Bonchev–Trinajstić information content (AvgIpc) is 2.35. The maximum atomic E-state index is 11.9. The summed E-state index contributed by atoms with van der Waals surface area (Å²) in [7, 11) is 1.27. The van der Waals surface area contributed by atoms with Crippen molar-refractivity contribution in [2.24, 2.45) is 0 Å². The summed E-state index contributed by atoms with van der Waals surface area (Å²) in [6.07, 6.45) is -1.07. The SMILES string of the molecule is COC(CNC(=O)c1cc(C)c(Br)c(Cl)c1)C(=O)O. The minimum atomic E-state index is -1.13. The summed E-state index contributed by atoms with van der Waals surface area (Å²) < 4.78 is 5.44. The van der Waals surface area contributed by atoms with Crippen molar-refractivity contribution < 1.29 is 19.4 Å². The third-order valence-electron chi connectivity index (χ3n) is 2.48. The molecule has 104 valence electrons. The molecule has 0 heterocycles. The molecule has 0 aromatic heterocycles. The second kappa shape index (κ2) is 6.88. The fraction of sp³-hybridized carbons (Fsp3) is 0.333. The summed E-state index contributed by atoms with van der Waals surface area (Å²) in [5, 5.41) is 11.7. The molecule has 5 nitrogen and oxygen atoms in total. The number of carbonyl (C=O) groups is 2. The first-order chi connectivity index (χ1) is 8.86. The molecule has 1 rings (SSSR count). The summed E-state index contributed by atoms with van der Waals surface area (Å²) in [5.74, 6) is -1.53. The summed E-state index contributed by atoms with van der Waals surface area (Å²) in [5.41, 5.74) is 1.19. The van der Waals surface area contributed by atoms with Gasteiger partial charge in [0.05, 0.1) is 11.6 Å². The monoisotopic (exact) mass is 349 g/mol. The van der Waals surface area contributed by atoms with E-state index in [0.717, 1.165) is 10.0 Å². The number of ether oxygens (including phenoxy) is 1. The topological polar surface area (TPSA) is 75.6 Å². The summed E-state index contributed by atoms with van der Waals surface area (Å²) in [4.78, 5) is 22.6. The zero-order valence-electron chi connectivity index (χ0n) is 10.4. The number of aliphatic carboxylic acids is 1. The fourth-order valence-electron chi connectivity index (χ4n) is 1.42. The van der Waals surface area contributed by atoms with Gasteiger partial charge in [0.1, 0.15) is 0 Å². The fourth-order valence-corrected chi connectivity index (χ4v) is 1.91. The average molecular weight is 351 g/mol. The molecule has 0 aliphatic rings. The first-order valence-electron chi connectivity index (χ1n) is 5.36. The van der Waals surface area contributed by atoms with E-state index >= 15 is 0 Å².